The summed E-state index contributed by atoms with van der Waals surface area (Å²) in [5, 5.41) is 3.01. The van der Waals surface area contributed by atoms with Crippen molar-refractivity contribution in [3.05, 3.63) is 35.4 Å². The topological polar surface area (TPSA) is 67.9 Å². The number of benzene rings is 1. The van der Waals surface area contributed by atoms with E-state index < -0.39 is 11.8 Å². The second-order valence-electron chi connectivity index (χ2n) is 8.44. The molecule has 2 atom stereocenters. The van der Waals surface area contributed by atoms with Gasteiger partial charge in [-0.05, 0) is 62.6 Å². The fraction of sp³-hybridized carbons (Fsp3) is 0.652. The number of rotatable bonds is 5. The molecule has 6 heteroatoms. The van der Waals surface area contributed by atoms with Crippen LogP contribution in [0.15, 0.2) is 24.3 Å². The van der Waals surface area contributed by atoms with Gasteiger partial charge < -0.3 is 14.8 Å². The second kappa shape index (κ2) is 8.84. The molecule has 3 fully saturated rings. The predicted molar refractivity (Wildman–Crippen MR) is 110 cm³/mol. The van der Waals surface area contributed by atoms with Crippen molar-refractivity contribution in [1.82, 2.24) is 10.2 Å². The molecule has 1 aromatic carbocycles. The predicted octanol–water partition coefficient (Wildman–Crippen LogP) is 3.05. The van der Waals surface area contributed by atoms with E-state index in [1.165, 1.54) is 5.56 Å². The monoisotopic (exact) mass is 400 g/mol. The summed E-state index contributed by atoms with van der Waals surface area (Å²) in [6.45, 7) is 3.61. The van der Waals surface area contributed by atoms with Gasteiger partial charge in [0, 0.05) is 18.7 Å². The average Bonchev–Trinajstić information content (AvgIpc) is 3.40. The third-order valence-electron chi connectivity index (χ3n) is 6.55. The van der Waals surface area contributed by atoms with Gasteiger partial charge >= 0.3 is 0 Å². The Morgan fingerprint density at radius 1 is 1.14 bits per heavy atom. The summed E-state index contributed by atoms with van der Waals surface area (Å²) >= 11 is 0. The number of nitrogens with one attached hydrogen (secondary N) is 1. The van der Waals surface area contributed by atoms with Crippen molar-refractivity contribution in [2.24, 2.45) is 0 Å². The normalized spacial score (nSPS) is 26.0. The van der Waals surface area contributed by atoms with Gasteiger partial charge in [-0.15, -0.1) is 0 Å². The highest BCUT2D eigenvalue weighted by Crippen LogP contribution is 2.41. The molecule has 2 unspecified atom stereocenters. The van der Waals surface area contributed by atoms with E-state index in [2.05, 4.69) is 12.2 Å². The molecule has 3 aliphatic rings. The van der Waals surface area contributed by atoms with E-state index >= 15 is 0 Å². The summed E-state index contributed by atoms with van der Waals surface area (Å²) < 4.78 is 11.8. The van der Waals surface area contributed by atoms with Crippen LogP contribution in [0.2, 0.25) is 0 Å². The van der Waals surface area contributed by atoms with E-state index in [9.17, 15) is 9.59 Å². The van der Waals surface area contributed by atoms with Crippen molar-refractivity contribution in [3.63, 3.8) is 0 Å². The number of hydrogen-bond acceptors (Lipinski definition) is 4. The summed E-state index contributed by atoms with van der Waals surface area (Å²) in [5.41, 5.74) is 1.16. The van der Waals surface area contributed by atoms with Crippen LogP contribution < -0.4 is 5.32 Å². The van der Waals surface area contributed by atoms with Crippen LogP contribution in [0.25, 0.3) is 0 Å². The summed E-state index contributed by atoms with van der Waals surface area (Å²) in [6, 6.07) is 7.14. The lowest BCUT2D eigenvalue weighted by Crippen LogP contribution is -2.56. The highest BCUT2D eigenvalue weighted by Gasteiger charge is 2.52. The number of carbonyl (C=O) groups excluding carboxylic acids is 2. The van der Waals surface area contributed by atoms with Crippen LogP contribution >= 0.6 is 0 Å². The molecule has 0 radical (unpaired) electrons. The summed E-state index contributed by atoms with van der Waals surface area (Å²) in [7, 11) is 0. The zero-order chi connectivity index (χ0) is 20.3. The maximum absolute atomic E-state index is 13.5. The lowest BCUT2D eigenvalue weighted by Gasteiger charge is -2.41. The summed E-state index contributed by atoms with van der Waals surface area (Å²) in [4.78, 5) is 28.3. The molecular formula is C23H32N2O4. The van der Waals surface area contributed by atoms with E-state index in [1.54, 1.807) is 4.90 Å². The molecule has 4 rings (SSSR count). The molecule has 29 heavy (non-hydrogen) atoms. The molecule has 1 aromatic rings. The van der Waals surface area contributed by atoms with Gasteiger partial charge in [0.1, 0.15) is 11.8 Å². The molecule has 2 saturated heterocycles. The Balaban J connectivity index is 1.54. The fourth-order valence-corrected chi connectivity index (χ4v) is 4.83. The highest BCUT2D eigenvalue weighted by atomic mass is 16.5. The third kappa shape index (κ3) is 4.19. The van der Waals surface area contributed by atoms with Crippen LogP contribution in [0, 0.1) is 0 Å². The smallest absolute Gasteiger partial charge is 0.256 e. The number of amides is 2. The lowest BCUT2D eigenvalue weighted by atomic mass is 9.89. The zero-order valence-electron chi connectivity index (χ0n) is 17.3. The van der Waals surface area contributed by atoms with Crippen LogP contribution in [0.4, 0.5) is 0 Å². The number of aryl methyl sites for hydroxylation is 1. The number of nitrogens with zero attached hydrogens (tertiary/aromatic N) is 1. The largest absolute Gasteiger partial charge is 0.376 e. The number of ether oxygens (including phenoxy) is 2. The molecule has 2 heterocycles. The maximum Gasteiger partial charge on any atom is 0.256 e. The molecule has 0 bridgehead atoms. The number of carbonyl (C=O) groups is 2. The molecule has 158 valence electrons. The molecule has 2 aliphatic heterocycles. The molecular weight excluding hydrogens is 368 g/mol. The standard InChI is InChI=1S/C23H32N2O4/c1-2-17-8-10-18(11-9-17)22(27)25-20(16-29-23(25)12-4-3-5-13-23)21(26)24-15-19-7-6-14-28-19/h8-11,19-20H,2-7,12-16H2,1H3,(H,24,26). The average molecular weight is 401 g/mol. The zero-order valence-corrected chi connectivity index (χ0v) is 17.3. The van der Waals surface area contributed by atoms with Gasteiger partial charge in [-0.3, -0.25) is 14.5 Å². The lowest BCUT2D eigenvalue weighted by molar-refractivity contribution is -0.127. The minimum atomic E-state index is -0.648. The van der Waals surface area contributed by atoms with E-state index in [0.29, 0.717) is 12.1 Å². The maximum atomic E-state index is 13.5. The van der Waals surface area contributed by atoms with Crippen LogP contribution in [0.1, 0.15) is 67.8 Å². The summed E-state index contributed by atoms with van der Waals surface area (Å²) in [5.74, 6) is -0.245. The van der Waals surface area contributed by atoms with Gasteiger partial charge in [0.05, 0.1) is 12.7 Å². The fourth-order valence-electron chi connectivity index (χ4n) is 4.83. The van der Waals surface area contributed by atoms with Crippen LogP contribution in [-0.2, 0) is 20.7 Å². The van der Waals surface area contributed by atoms with Crippen LogP contribution in [-0.4, -0.2) is 54.3 Å². The highest BCUT2D eigenvalue weighted by molar-refractivity contribution is 5.98. The Hall–Kier alpha value is -1.92. The van der Waals surface area contributed by atoms with Crippen molar-refractivity contribution < 1.29 is 19.1 Å². The van der Waals surface area contributed by atoms with Gasteiger partial charge in [-0.2, -0.15) is 0 Å². The van der Waals surface area contributed by atoms with E-state index in [0.717, 1.165) is 58.0 Å². The Morgan fingerprint density at radius 2 is 1.90 bits per heavy atom. The molecule has 2 amide bonds. The first-order valence-corrected chi connectivity index (χ1v) is 11.1. The number of hydrogen-bond donors (Lipinski definition) is 1. The van der Waals surface area contributed by atoms with Crippen molar-refractivity contribution in [2.45, 2.75) is 76.2 Å². The Bertz CT molecular complexity index is 721. The van der Waals surface area contributed by atoms with Gasteiger partial charge in [0.2, 0.25) is 5.91 Å². The van der Waals surface area contributed by atoms with Crippen LogP contribution in [0.5, 0.6) is 0 Å². The van der Waals surface area contributed by atoms with Gasteiger partial charge in [-0.25, -0.2) is 0 Å². The Morgan fingerprint density at radius 3 is 2.55 bits per heavy atom. The minimum Gasteiger partial charge on any atom is -0.376 e. The van der Waals surface area contributed by atoms with Crippen molar-refractivity contribution in [2.75, 3.05) is 19.8 Å². The first kappa shape index (κ1) is 20.4. The quantitative estimate of drug-likeness (QED) is 0.825. The SMILES string of the molecule is CCc1ccc(C(=O)N2C(C(=O)NCC3CCCO3)COC23CCCCC3)cc1. The first-order chi connectivity index (χ1) is 14.1. The molecule has 0 aromatic heterocycles. The molecule has 1 N–H and O–H groups in total. The van der Waals surface area contributed by atoms with Gasteiger partial charge in [-0.1, -0.05) is 25.5 Å². The first-order valence-electron chi connectivity index (χ1n) is 11.1. The van der Waals surface area contributed by atoms with Gasteiger partial charge in [0.25, 0.3) is 5.91 Å². The van der Waals surface area contributed by atoms with E-state index in [1.807, 2.05) is 24.3 Å². The van der Waals surface area contributed by atoms with E-state index in [-0.39, 0.29) is 24.5 Å². The molecule has 1 aliphatic carbocycles. The Labute approximate surface area is 172 Å². The van der Waals surface area contributed by atoms with Crippen molar-refractivity contribution >= 4 is 11.8 Å². The van der Waals surface area contributed by atoms with Gasteiger partial charge in [0.15, 0.2) is 0 Å². The minimum absolute atomic E-state index is 0.0793. The Kier molecular flexibility index (Phi) is 6.20. The summed E-state index contributed by atoms with van der Waals surface area (Å²) in [6.07, 6.45) is 7.78. The van der Waals surface area contributed by atoms with Crippen molar-refractivity contribution in [1.29, 1.82) is 0 Å². The third-order valence-corrected chi connectivity index (χ3v) is 6.55. The second-order valence-corrected chi connectivity index (χ2v) is 8.44. The molecule has 1 spiro atoms. The molecule has 6 nitrogen and oxygen atoms in total. The van der Waals surface area contributed by atoms with E-state index in [4.69, 9.17) is 9.47 Å². The molecule has 1 saturated carbocycles. The van der Waals surface area contributed by atoms with Crippen LogP contribution in [0.3, 0.4) is 0 Å². The van der Waals surface area contributed by atoms with Crippen molar-refractivity contribution in [3.8, 4) is 0 Å².